The molecule has 0 aromatic heterocycles. The quantitative estimate of drug-likeness (QED) is 0.282. The summed E-state index contributed by atoms with van der Waals surface area (Å²) < 4.78 is 0. The van der Waals surface area contributed by atoms with Gasteiger partial charge in [-0.3, -0.25) is 29.4 Å². The van der Waals surface area contributed by atoms with Crippen LogP contribution in [0.25, 0.3) is 0 Å². The number of carbonyl (C=O) groups excluding carboxylic acids is 4. The van der Waals surface area contributed by atoms with Crippen molar-refractivity contribution in [3.8, 4) is 0 Å². The molecule has 2 aliphatic rings. The van der Waals surface area contributed by atoms with Crippen molar-refractivity contribution in [2.45, 2.75) is 70.8 Å². The summed E-state index contributed by atoms with van der Waals surface area (Å²) in [6.07, 6.45) is 8.01. The second kappa shape index (κ2) is 14.6. The van der Waals surface area contributed by atoms with Crippen LogP contribution >= 0.6 is 0 Å². The molecule has 198 valence electrons. The predicted molar refractivity (Wildman–Crippen MR) is 139 cm³/mol. The van der Waals surface area contributed by atoms with Crippen LogP contribution in [0.3, 0.4) is 0 Å². The van der Waals surface area contributed by atoms with E-state index in [2.05, 4.69) is 37.9 Å². The van der Waals surface area contributed by atoms with Crippen LogP contribution in [0, 0.1) is 0 Å². The molecule has 2 aliphatic heterocycles. The summed E-state index contributed by atoms with van der Waals surface area (Å²) in [7, 11) is 0. The first-order valence-electron chi connectivity index (χ1n) is 13.3. The summed E-state index contributed by atoms with van der Waals surface area (Å²) in [5.41, 5.74) is 2.04. The SMILES string of the molecule is CC(=O)NCCCCCCCCN1CCN(c2cccc(CC(=O)NC3CCC(=O)NC3=O)c2)CC1. The highest BCUT2D eigenvalue weighted by Crippen LogP contribution is 2.19. The van der Waals surface area contributed by atoms with E-state index in [4.69, 9.17) is 0 Å². The standard InChI is InChI=1S/C27H41N5O4/c1-21(33)28-13-6-4-2-3-5-7-14-31-15-17-32(18-16-31)23-10-8-9-22(19-23)20-26(35)29-24-11-12-25(34)30-27(24)36/h8-10,19,24H,2-7,11-18,20H2,1H3,(H,28,33)(H,29,35)(H,30,34,36). The molecule has 1 unspecified atom stereocenters. The lowest BCUT2D eigenvalue weighted by Crippen LogP contribution is -2.52. The minimum absolute atomic E-state index is 0.0530. The van der Waals surface area contributed by atoms with Crippen molar-refractivity contribution in [3.05, 3.63) is 29.8 Å². The van der Waals surface area contributed by atoms with Crippen molar-refractivity contribution < 1.29 is 19.2 Å². The smallest absolute Gasteiger partial charge is 0.249 e. The second-order valence-electron chi connectivity index (χ2n) is 9.85. The van der Waals surface area contributed by atoms with Crippen molar-refractivity contribution in [2.24, 2.45) is 0 Å². The molecule has 0 spiro atoms. The van der Waals surface area contributed by atoms with E-state index < -0.39 is 11.9 Å². The number of anilines is 1. The molecule has 0 aliphatic carbocycles. The highest BCUT2D eigenvalue weighted by molar-refractivity contribution is 6.01. The number of imide groups is 1. The summed E-state index contributed by atoms with van der Waals surface area (Å²) >= 11 is 0. The highest BCUT2D eigenvalue weighted by atomic mass is 16.2. The zero-order chi connectivity index (χ0) is 25.8. The Hall–Kier alpha value is -2.94. The van der Waals surface area contributed by atoms with E-state index in [9.17, 15) is 19.2 Å². The number of rotatable bonds is 13. The van der Waals surface area contributed by atoms with E-state index in [0.29, 0.717) is 6.42 Å². The van der Waals surface area contributed by atoms with Gasteiger partial charge in [0.15, 0.2) is 0 Å². The number of benzene rings is 1. The van der Waals surface area contributed by atoms with Gasteiger partial charge in [0.25, 0.3) is 0 Å². The van der Waals surface area contributed by atoms with Crippen LogP contribution in [0.2, 0.25) is 0 Å². The Bertz CT molecular complexity index is 898. The number of hydrogen-bond donors (Lipinski definition) is 3. The molecule has 0 radical (unpaired) electrons. The number of hydrogen-bond acceptors (Lipinski definition) is 6. The Labute approximate surface area is 214 Å². The summed E-state index contributed by atoms with van der Waals surface area (Å²) in [6, 6.07) is 7.42. The first kappa shape index (κ1) is 27.6. The molecule has 2 fully saturated rings. The molecular weight excluding hydrogens is 458 g/mol. The maximum absolute atomic E-state index is 12.5. The Morgan fingerprint density at radius 3 is 2.44 bits per heavy atom. The maximum atomic E-state index is 12.5. The van der Waals surface area contributed by atoms with E-state index in [1.165, 1.54) is 32.1 Å². The summed E-state index contributed by atoms with van der Waals surface area (Å²) in [4.78, 5) is 51.4. The van der Waals surface area contributed by atoms with Crippen molar-refractivity contribution in [1.29, 1.82) is 0 Å². The fraction of sp³-hybridized carbons (Fsp3) is 0.630. The molecule has 4 amide bonds. The fourth-order valence-corrected chi connectivity index (χ4v) is 4.79. The van der Waals surface area contributed by atoms with E-state index in [-0.39, 0.29) is 30.6 Å². The van der Waals surface area contributed by atoms with Crippen LogP contribution < -0.4 is 20.9 Å². The molecule has 1 aromatic carbocycles. The van der Waals surface area contributed by atoms with Gasteiger partial charge in [-0.1, -0.05) is 37.8 Å². The molecule has 2 saturated heterocycles. The van der Waals surface area contributed by atoms with E-state index >= 15 is 0 Å². The molecule has 3 N–H and O–H groups in total. The summed E-state index contributed by atoms with van der Waals surface area (Å²) in [5.74, 6) is -0.869. The number of nitrogens with one attached hydrogen (secondary N) is 3. The van der Waals surface area contributed by atoms with Crippen molar-refractivity contribution >= 4 is 29.3 Å². The van der Waals surface area contributed by atoms with Gasteiger partial charge in [-0.2, -0.15) is 0 Å². The molecule has 36 heavy (non-hydrogen) atoms. The van der Waals surface area contributed by atoms with Gasteiger partial charge in [-0.05, 0) is 43.5 Å². The number of carbonyl (C=O) groups is 4. The van der Waals surface area contributed by atoms with Crippen LogP contribution in [-0.2, 0) is 25.6 Å². The zero-order valence-corrected chi connectivity index (χ0v) is 21.5. The lowest BCUT2D eigenvalue weighted by molar-refractivity contribution is -0.137. The van der Waals surface area contributed by atoms with E-state index in [1.54, 1.807) is 6.92 Å². The van der Waals surface area contributed by atoms with Crippen LogP contribution in [-0.4, -0.2) is 73.8 Å². The van der Waals surface area contributed by atoms with Crippen molar-refractivity contribution in [3.63, 3.8) is 0 Å². The Balaban J connectivity index is 1.31. The topological polar surface area (TPSA) is 111 Å². The van der Waals surface area contributed by atoms with Gasteiger partial charge < -0.3 is 15.5 Å². The zero-order valence-electron chi connectivity index (χ0n) is 21.5. The summed E-state index contributed by atoms with van der Waals surface area (Å²) in [5, 5.41) is 7.86. The number of piperazine rings is 1. The molecule has 9 nitrogen and oxygen atoms in total. The normalized spacial score (nSPS) is 18.6. The highest BCUT2D eigenvalue weighted by Gasteiger charge is 2.27. The molecule has 0 bridgehead atoms. The molecule has 2 heterocycles. The van der Waals surface area contributed by atoms with E-state index in [1.807, 2.05) is 12.1 Å². The molecular formula is C27H41N5O4. The van der Waals surface area contributed by atoms with Gasteiger partial charge in [0.05, 0.1) is 6.42 Å². The first-order valence-corrected chi connectivity index (χ1v) is 13.3. The molecule has 9 heteroatoms. The van der Waals surface area contributed by atoms with Gasteiger partial charge in [0, 0.05) is 51.8 Å². The van der Waals surface area contributed by atoms with Crippen molar-refractivity contribution in [2.75, 3.05) is 44.2 Å². The van der Waals surface area contributed by atoms with Gasteiger partial charge in [0.1, 0.15) is 6.04 Å². The predicted octanol–water partition coefficient (Wildman–Crippen LogP) is 1.75. The third-order valence-electron chi connectivity index (χ3n) is 6.86. The largest absolute Gasteiger partial charge is 0.369 e. The average Bonchev–Trinajstić information content (AvgIpc) is 2.85. The van der Waals surface area contributed by atoms with Gasteiger partial charge in [-0.25, -0.2) is 0 Å². The number of unbranched alkanes of at least 4 members (excludes halogenated alkanes) is 5. The third kappa shape index (κ3) is 9.60. The molecule has 1 atom stereocenters. The van der Waals surface area contributed by atoms with Crippen LogP contribution in [0.1, 0.15) is 63.9 Å². The molecule has 3 rings (SSSR count). The Morgan fingerprint density at radius 2 is 1.72 bits per heavy atom. The lowest BCUT2D eigenvalue weighted by Gasteiger charge is -2.36. The Kier molecular flexibility index (Phi) is 11.2. The Morgan fingerprint density at radius 1 is 1.00 bits per heavy atom. The van der Waals surface area contributed by atoms with Gasteiger partial charge in [-0.15, -0.1) is 0 Å². The van der Waals surface area contributed by atoms with Gasteiger partial charge >= 0.3 is 0 Å². The minimum Gasteiger partial charge on any atom is -0.369 e. The van der Waals surface area contributed by atoms with Crippen LogP contribution in [0.15, 0.2) is 24.3 Å². The van der Waals surface area contributed by atoms with Crippen LogP contribution in [0.5, 0.6) is 0 Å². The van der Waals surface area contributed by atoms with Gasteiger partial charge in [0.2, 0.25) is 23.6 Å². The molecule has 1 aromatic rings. The monoisotopic (exact) mass is 499 g/mol. The third-order valence-corrected chi connectivity index (χ3v) is 6.86. The molecule has 0 saturated carbocycles. The second-order valence-corrected chi connectivity index (χ2v) is 9.85. The first-order chi connectivity index (χ1) is 17.4. The van der Waals surface area contributed by atoms with E-state index in [0.717, 1.165) is 56.9 Å². The van der Waals surface area contributed by atoms with Crippen molar-refractivity contribution in [1.82, 2.24) is 20.9 Å². The average molecular weight is 500 g/mol. The minimum atomic E-state index is -0.637. The fourth-order valence-electron chi connectivity index (χ4n) is 4.79. The number of piperidine rings is 1. The van der Waals surface area contributed by atoms with Crippen LogP contribution in [0.4, 0.5) is 5.69 Å². The maximum Gasteiger partial charge on any atom is 0.249 e. The lowest BCUT2D eigenvalue weighted by atomic mass is 10.0. The number of amides is 4. The number of nitrogens with zero attached hydrogens (tertiary/aromatic N) is 2. The summed E-state index contributed by atoms with van der Waals surface area (Å²) in [6.45, 7) is 7.50.